The van der Waals surface area contributed by atoms with Gasteiger partial charge in [0.15, 0.2) is 9.84 Å². The molecule has 0 bridgehead atoms. The number of nitrogens with one attached hydrogen (secondary N) is 1. The zero-order valence-electron chi connectivity index (χ0n) is 11.7. The van der Waals surface area contributed by atoms with Gasteiger partial charge in [0.1, 0.15) is 0 Å². The van der Waals surface area contributed by atoms with E-state index in [1.807, 2.05) is 11.8 Å². The Labute approximate surface area is 115 Å². The van der Waals surface area contributed by atoms with Gasteiger partial charge in [-0.25, -0.2) is 8.42 Å². The molecule has 1 amide bonds. The Balaban J connectivity index is 2.34. The summed E-state index contributed by atoms with van der Waals surface area (Å²) < 4.78 is 27.8. The van der Waals surface area contributed by atoms with Gasteiger partial charge in [0.2, 0.25) is 5.91 Å². The fraction of sp³-hybridized carbons (Fsp3) is 0.917. The third-order valence-corrected chi connectivity index (χ3v) is 5.08. The minimum Gasteiger partial charge on any atom is -0.385 e. The molecule has 0 aromatic carbocycles. The summed E-state index contributed by atoms with van der Waals surface area (Å²) in [4.78, 5) is 13.7. The molecule has 1 fully saturated rings. The molecule has 0 aliphatic carbocycles. The topological polar surface area (TPSA) is 75.7 Å². The van der Waals surface area contributed by atoms with Crippen LogP contribution in [0, 0.1) is 0 Å². The molecular weight excluding hydrogens is 268 g/mol. The molecule has 1 rings (SSSR count). The van der Waals surface area contributed by atoms with Crippen molar-refractivity contribution in [2.75, 3.05) is 44.9 Å². The SMILES string of the molecule is CCN(CC(=O)NCCCOC)C1CCS(=O)(=O)C1. The first-order valence-electron chi connectivity index (χ1n) is 6.68. The molecule has 1 N–H and O–H groups in total. The monoisotopic (exact) mass is 292 g/mol. The van der Waals surface area contributed by atoms with Crippen molar-refractivity contribution in [2.45, 2.75) is 25.8 Å². The molecule has 7 heteroatoms. The molecule has 1 saturated heterocycles. The Morgan fingerprint density at radius 3 is 2.74 bits per heavy atom. The quantitative estimate of drug-likeness (QED) is 0.619. The summed E-state index contributed by atoms with van der Waals surface area (Å²) in [6.45, 7) is 4.12. The molecule has 1 atom stereocenters. The van der Waals surface area contributed by atoms with E-state index in [0.717, 1.165) is 6.42 Å². The minimum atomic E-state index is -2.90. The lowest BCUT2D eigenvalue weighted by molar-refractivity contribution is -0.122. The van der Waals surface area contributed by atoms with Crippen molar-refractivity contribution in [3.05, 3.63) is 0 Å². The smallest absolute Gasteiger partial charge is 0.234 e. The van der Waals surface area contributed by atoms with Crippen LogP contribution in [0.1, 0.15) is 19.8 Å². The number of methoxy groups -OCH3 is 1. The normalized spacial score (nSPS) is 21.7. The van der Waals surface area contributed by atoms with Gasteiger partial charge in [-0.2, -0.15) is 0 Å². The molecule has 0 aromatic rings. The van der Waals surface area contributed by atoms with E-state index in [9.17, 15) is 13.2 Å². The molecule has 1 aliphatic heterocycles. The summed E-state index contributed by atoms with van der Waals surface area (Å²) in [5.41, 5.74) is 0. The van der Waals surface area contributed by atoms with Crippen LogP contribution in [0.4, 0.5) is 0 Å². The van der Waals surface area contributed by atoms with Gasteiger partial charge in [-0.15, -0.1) is 0 Å². The molecule has 1 aliphatic rings. The van der Waals surface area contributed by atoms with Gasteiger partial charge in [-0.05, 0) is 19.4 Å². The van der Waals surface area contributed by atoms with E-state index in [4.69, 9.17) is 4.74 Å². The number of hydrogen-bond acceptors (Lipinski definition) is 5. The van der Waals surface area contributed by atoms with Crippen LogP contribution in [-0.2, 0) is 19.4 Å². The van der Waals surface area contributed by atoms with Crippen LogP contribution in [0.25, 0.3) is 0 Å². The van der Waals surface area contributed by atoms with E-state index >= 15 is 0 Å². The lowest BCUT2D eigenvalue weighted by Gasteiger charge is -2.25. The zero-order valence-corrected chi connectivity index (χ0v) is 12.5. The molecule has 0 spiro atoms. The second kappa shape index (κ2) is 7.81. The van der Waals surface area contributed by atoms with Crippen molar-refractivity contribution in [2.24, 2.45) is 0 Å². The Bertz CT molecular complexity index is 383. The van der Waals surface area contributed by atoms with E-state index < -0.39 is 9.84 Å². The zero-order chi connectivity index (χ0) is 14.3. The first-order chi connectivity index (χ1) is 8.98. The number of likely N-dealkylation sites (N-methyl/N-ethyl adjacent to an activating group) is 1. The van der Waals surface area contributed by atoms with Gasteiger partial charge < -0.3 is 10.1 Å². The van der Waals surface area contributed by atoms with Crippen LogP contribution in [-0.4, -0.2) is 70.1 Å². The number of rotatable bonds is 8. The van der Waals surface area contributed by atoms with E-state index in [0.29, 0.717) is 26.1 Å². The fourth-order valence-electron chi connectivity index (χ4n) is 2.25. The lowest BCUT2D eigenvalue weighted by atomic mass is 10.2. The maximum Gasteiger partial charge on any atom is 0.234 e. The Morgan fingerprint density at radius 2 is 2.21 bits per heavy atom. The number of sulfone groups is 1. The number of ether oxygens (including phenoxy) is 1. The largest absolute Gasteiger partial charge is 0.385 e. The van der Waals surface area contributed by atoms with Crippen LogP contribution in [0.15, 0.2) is 0 Å². The summed E-state index contributed by atoms with van der Waals surface area (Å²) in [7, 11) is -1.27. The predicted molar refractivity (Wildman–Crippen MR) is 73.8 cm³/mol. The van der Waals surface area contributed by atoms with Gasteiger partial charge in [-0.1, -0.05) is 6.92 Å². The van der Waals surface area contributed by atoms with E-state index in [1.54, 1.807) is 7.11 Å². The summed E-state index contributed by atoms with van der Waals surface area (Å²) in [6.07, 6.45) is 1.42. The lowest BCUT2D eigenvalue weighted by Crippen LogP contribution is -2.43. The van der Waals surface area contributed by atoms with Gasteiger partial charge >= 0.3 is 0 Å². The maximum absolute atomic E-state index is 11.8. The third-order valence-electron chi connectivity index (χ3n) is 3.33. The standard InChI is InChI=1S/C12H24N2O4S/c1-3-14(11-5-8-19(16,17)10-11)9-12(15)13-6-4-7-18-2/h11H,3-10H2,1-2H3,(H,13,15). The average Bonchev–Trinajstić information content (AvgIpc) is 2.72. The molecule has 19 heavy (non-hydrogen) atoms. The Kier molecular flexibility index (Phi) is 6.74. The van der Waals surface area contributed by atoms with Crippen molar-refractivity contribution in [3.8, 4) is 0 Å². The molecule has 0 aromatic heterocycles. The average molecular weight is 292 g/mol. The molecule has 112 valence electrons. The Hall–Kier alpha value is -0.660. The van der Waals surface area contributed by atoms with Crippen molar-refractivity contribution in [1.82, 2.24) is 10.2 Å². The van der Waals surface area contributed by atoms with Crippen LogP contribution >= 0.6 is 0 Å². The highest BCUT2D eigenvalue weighted by molar-refractivity contribution is 7.91. The number of carbonyl (C=O) groups excluding carboxylic acids is 1. The van der Waals surface area contributed by atoms with Crippen molar-refractivity contribution in [3.63, 3.8) is 0 Å². The molecule has 1 heterocycles. The number of hydrogen-bond donors (Lipinski definition) is 1. The summed E-state index contributed by atoms with van der Waals surface area (Å²) in [5, 5.41) is 2.82. The van der Waals surface area contributed by atoms with E-state index in [-0.39, 0.29) is 30.0 Å². The number of carbonyl (C=O) groups is 1. The van der Waals surface area contributed by atoms with E-state index in [1.165, 1.54) is 0 Å². The fourth-order valence-corrected chi connectivity index (χ4v) is 4.01. The highest BCUT2D eigenvalue weighted by Crippen LogP contribution is 2.17. The van der Waals surface area contributed by atoms with E-state index in [2.05, 4.69) is 5.32 Å². The van der Waals surface area contributed by atoms with Gasteiger partial charge in [0, 0.05) is 26.3 Å². The van der Waals surface area contributed by atoms with Crippen LogP contribution in [0.5, 0.6) is 0 Å². The van der Waals surface area contributed by atoms with Crippen molar-refractivity contribution < 1.29 is 17.9 Å². The highest BCUT2D eigenvalue weighted by atomic mass is 32.2. The first kappa shape index (κ1) is 16.4. The maximum atomic E-state index is 11.8. The number of amides is 1. The Morgan fingerprint density at radius 1 is 1.47 bits per heavy atom. The minimum absolute atomic E-state index is 0.0141. The third kappa shape index (κ3) is 5.88. The summed E-state index contributed by atoms with van der Waals surface area (Å²) in [5.74, 6) is 0.365. The van der Waals surface area contributed by atoms with Crippen LogP contribution < -0.4 is 5.32 Å². The van der Waals surface area contributed by atoms with Crippen LogP contribution in [0.2, 0.25) is 0 Å². The predicted octanol–water partition coefficient (Wildman–Crippen LogP) is -0.352. The van der Waals surface area contributed by atoms with Crippen molar-refractivity contribution in [1.29, 1.82) is 0 Å². The summed E-state index contributed by atoms with van der Waals surface area (Å²) >= 11 is 0. The molecule has 0 radical (unpaired) electrons. The summed E-state index contributed by atoms with van der Waals surface area (Å²) in [6, 6.07) is -0.0141. The second-order valence-electron chi connectivity index (χ2n) is 4.82. The second-order valence-corrected chi connectivity index (χ2v) is 7.04. The molecule has 0 saturated carbocycles. The molecule has 1 unspecified atom stereocenters. The molecular formula is C12H24N2O4S. The highest BCUT2D eigenvalue weighted by Gasteiger charge is 2.32. The van der Waals surface area contributed by atoms with Crippen LogP contribution in [0.3, 0.4) is 0 Å². The molecule has 6 nitrogen and oxygen atoms in total. The first-order valence-corrected chi connectivity index (χ1v) is 8.50. The van der Waals surface area contributed by atoms with Gasteiger partial charge in [0.05, 0.1) is 18.1 Å². The van der Waals surface area contributed by atoms with Crippen molar-refractivity contribution >= 4 is 15.7 Å². The van der Waals surface area contributed by atoms with Gasteiger partial charge in [-0.3, -0.25) is 9.69 Å². The number of nitrogens with zero attached hydrogens (tertiary/aromatic N) is 1. The van der Waals surface area contributed by atoms with Gasteiger partial charge in [0.25, 0.3) is 0 Å².